The minimum Gasteiger partial charge on any atom is -0.345 e. The number of benzene rings is 1. The largest absolute Gasteiger partial charge is 0.345 e. The number of carbonyl (C=O) groups is 1. The summed E-state index contributed by atoms with van der Waals surface area (Å²) in [6.07, 6.45) is 0.946. The molecule has 0 N–H and O–H groups in total. The van der Waals surface area contributed by atoms with Crippen LogP contribution >= 0.6 is 11.6 Å². The minimum atomic E-state index is -0.483. The molecule has 0 aliphatic rings. The van der Waals surface area contributed by atoms with Crippen LogP contribution in [-0.4, -0.2) is 15.7 Å². The molecule has 0 bridgehead atoms. The van der Waals surface area contributed by atoms with E-state index in [1.54, 1.807) is 6.92 Å². The molecular formula is C18H22ClNO. The van der Waals surface area contributed by atoms with Crippen molar-refractivity contribution in [1.29, 1.82) is 0 Å². The molecular weight excluding hydrogens is 282 g/mol. The van der Waals surface area contributed by atoms with Gasteiger partial charge in [-0.2, -0.15) is 0 Å². The maximum absolute atomic E-state index is 12.2. The highest BCUT2D eigenvalue weighted by Crippen LogP contribution is 2.24. The van der Waals surface area contributed by atoms with E-state index < -0.39 is 5.38 Å². The summed E-state index contributed by atoms with van der Waals surface area (Å²) in [4.78, 5) is 12.2. The molecule has 21 heavy (non-hydrogen) atoms. The summed E-state index contributed by atoms with van der Waals surface area (Å²) >= 11 is 5.95. The Balaban J connectivity index is 2.30. The maximum Gasteiger partial charge on any atom is 0.182 e. The minimum absolute atomic E-state index is 0.00271. The van der Waals surface area contributed by atoms with Gasteiger partial charge in [0.25, 0.3) is 0 Å². The Labute approximate surface area is 131 Å². The molecule has 1 aromatic carbocycles. The summed E-state index contributed by atoms with van der Waals surface area (Å²) in [6.45, 7) is 7.96. The molecule has 2 unspecified atom stereocenters. The normalized spacial score (nSPS) is 14.0. The van der Waals surface area contributed by atoms with E-state index in [0.29, 0.717) is 6.04 Å². The highest BCUT2D eigenvalue weighted by molar-refractivity contribution is 6.33. The molecule has 3 heteroatoms. The molecule has 0 fully saturated rings. The van der Waals surface area contributed by atoms with Gasteiger partial charge in [0.1, 0.15) is 0 Å². The number of halogens is 1. The summed E-state index contributed by atoms with van der Waals surface area (Å²) in [5.74, 6) is 0.00271. The van der Waals surface area contributed by atoms with Crippen LogP contribution in [0, 0.1) is 13.8 Å². The van der Waals surface area contributed by atoms with E-state index in [1.165, 1.54) is 5.56 Å². The number of alkyl halides is 1. The second-order valence-electron chi connectivity index (χ2n) is 5.67. The molecule has 0 aliphatic heterocycles. The monoisotopic (exact) mass is 303 g/mol. The van der Waals surface area contributed by atoms with Crippen LogP contribution in [0.3, 0.4) is 0 Å². The van der Waals surface area contributed by atoms with Crippen molar-refractivity contribution in [2.24, 2.45) is 0 Å². The van der Waals surface area contributed by atoms with Gasteiger partial charge < -0.3 is 4.57 Å². The van der Waals surface area contributed by atoms with Crippen LogP contribution in [-0.2, 0) is 6.42 Å². The van der Waals surface area contributed by atoms with Gasteiger partial charge in [0, 0.05) is 23.0 Å². The fourth-order valence-corrected chi connectivity index (χ4v) is 3.08. The van der Waals surface area contributed by atoms with Gasteiger partial charge in [-0.3, -0.25) is 4.79 Å². The van der Waals surface area contributed by atoms with Crippen LogP contribution in [0.1, 0.15) is 47.2 Å². The van der Waals surface area contributed by atoms with Gasteiger partial charge in [-0.1, -0.05) is 30.3 Å². The van der Waals surface area contributed by atoms with Crippen LogP contribution in [0.25, 0.3) is 0 Å². The summed E-state index contributed by atoms with van der Waals surface area (Å²) < 4.78 is 2.24. The Morgan fingerprint density at radius 1 is 1.19 bits per heavy atom. The summed E-state index contributed by atoms with van der Waals surface area (Å²) in [7, 11) is 0. The first-order chi connectivity index (χ1) is 9.91. The first-order valence-corrected chi connectivity index (χ1v) is 7.76. The van der Waals surface area contributed by atoms with Crippen LogP contribution in [0.15, 0.2) is 36.4 Å². The van der Waals surface area contributed by atoms with Crippen molar-refractivity contribution in [3.8, 4) is 0 Å². The SMILES string of the molecule is Cc1cc(C(=O)C(C)Cl)c(C)n1C(C)Cc1ccccc1. The smallest absolute Gasteiger partial charge is 0.182 e. The van der Waals surface area contributed by atoms with E-state index in [9.17, 15) is 4.79 Å². The third-order valence-corrected chi connectivity index (χ3v) is 4.12. The maximum atomic E-state index is 12.2. The van der Waals surface area contributed by atoms with Crippen molar-refractivity contribution in [2.75, 3.05) is 0 Å². The number of aromatic nitrogens is 1. The van der Waals surface area contributed by atoms with E-state index in [0.717, 1.165) is 23.4 Å². The number of nitrogens with zero attached hydrogens (tertiary/aromatic N) is 1. The number of carbonyl (C=O) groups excluding carboxylic acids is 1. The predicted molar refractivity (Wildman–Crippen MR) is 88.4 cm³/mol. The Kier molecular flexibility index (Phi) is 4.89. The van der Waals surface area contributed by atoms with Gasteiger partial charge in [-0.25, -0.2) is 0 Å². The molecule has 2 atom stereocenters. The van der Waals surface area contributed by atoms with Crippen LogP contribution < -0.4 is 0 Å². The van der Waals surface area contributed by atoms with Crippen molar-refractivity contribution in [3.05, 3.63) is 58.9 Å². The molecule has 0 saturated carbocycles. The number of Topliss-reactive ketones (excluding diaryl/α,β-unsaturated/α-hetero) is 1. The lowest BCUT2D eigenvalue weighted by Gasteiger charge is -2.19. The number of hydrogen-bond donors (Lipinski definition) is 0. The Hall–Kier alpha value is -1.54. The van der Waals surface area contributed by atoms with Crippen molar-refractivity contribution < 1.29 is 4.79 Å². The third kappa shape index (κ3) is 3.38. The van der Waals surface area contributed by atoms with Gasteiger partial charge in [0.05, 0.1) is 5.38 Å². The molecule has 112 valence electrons. The van der Waals surface area contributed by atoms with Gasteiger partial charge in [0.15, 0.2) is 5.78 Å². The lowest BCUT2D eigenvalue weighted by Crippen LogP contribution is -2.14. The molecule has 0 spiro atoms. The van der Waals surface area contributed by atoms with Gasteiger partial charge >= 0.3 is 0 Å². The quantitative estimate of drug-likeness (QED) is 0.579. The zero-order valence-electron chi connectivity index (χ0n) is 13.1. The second-order valence-corrected chi connectivity index (χ2v) is 6.33. The molecule has 1 heterocycles. The van der Waals surface area contributed by atoms with Crippen LogP contribution in [0.4, 0.5) is 0 Å². The summed E-state index contributed by atoms with van der Waals surface area (Å²) in [5.41, 5.74) is 4.16. The lowest BCUT2D eigenvalue weighted by atomic mass is 10.1. The van der Waals surface area contributed by atoms with E-state index in [4.69, 9.17) is 11.6 Å². The number of ketones is 1. The van der Waals surface area contributed by atoms with E-state index in [-0.39, 0.29) is 5.78 Å². The van der Waals surface area contributed by atoms with Gasteiger partial charge in [0.2, 0.25) is 0 Å². The van der Waals surface area contributed by atoms with Gasteiger partial charge in [-0.15, -0.1) is 11.6 Å². The molecule has 2 nitrogen and oxygen atoms in total. The van der Waals surface area contributed by atoms with Crippen molar-refractivity contribution in [2.45, 2.75) is 45.5 Å². The topological polar surface area (TPSA) is 22.0 Å². The average molecular weight is 304 g/mol. The standard InChI is InChI=1S/C18H22ClNO/c1-12(10-16-8-6-5-7-9-16)20-13(2)11-17(15(20)4)18(21)14(3)19/h5-9,11-12,14H,10H2,1-4H3. The number of aryl methyl sites for hydroxylation is 1. The highest BCUT2D eigenvalue weighted by atomic mass is 35.5. The zero-order valence-corrected chi connectivity index (χ0v) is 13.8. The predicted octanol–water partition coefficient (Wildman–Crippen LogP) is 4.72. The highest BCUT2D eigenvalue weighted by Gasteiger charge is 2.21. The van der Waals surface area contributed by atoms with Gasteiger partial charge in [-0.05, 0) is 45.7 Å². The van der Waals surface area contributed by atoms with Crippen LogP contribution in [0.5, 0.6) is 0 Å². The van der Waals surface area contributed by atoms with E-state index in [1.807, 2.05) is 26.0 Å². The summed E-state index contributed by atoms with van der Waals surface area (Å²) in [6, 6.07) is 12.7. The first kappa shape index (κ1) is 15.8. The Bertz CT molecular complexity index is 628. The fourth-order valence-electron chi connectivity index (χ4n) is 2.97. The van der Waals surface area contributed by atoms with Crippen molar-refractivity contribution in [3.63, 3.8) is 0 Å². The molecule has 2 aromatic rings. The fraction of sp³-hybridized carbons (Fsp3) is 0.389. The molecule has 0 radical (unpaired) electrons. The number of rotatable bonds is 5. The second kappa shape index (κ2) is 6.48. The third-order valence-electron chi connectivity index (χ3n) is 3.93. The molecule has 0 aliphatic carbocycles. The van der Waals surface area contributed by atoms with Crippen molar-refractivity contribution in [1.82, 2.24) is 4.57 Å². The first-order valence-electron chi connectivity index (χ1n) is 7.32. The summed E-state index contributed by atoms with van der Waals surface area (Å²) in [5, 5.41) is -0.483. The zero-order chi connectivity index (χ0) is 15.6. The molecule has 0 amide bonds. The van der Waals surface area contributed by atoms with Crippen molar-refractivity contribution >= 4 is 17.4 Å². The van der Waals surface area contributed by atoms with E-state index in [2.05, 4.69) is 35.8 Å². The molecule has 0 saturated heterocycles. The lowest BCUT2D eigenvalue weighted by molar-refractivity contribution is 0.0991. The molecule has 1 aromatic heterocycles. The average Bonchev–Trinajstić information content (AvgIpc) is 2.74. The molecule has 2 rings (SSSR count). The Morgan fingerprint density at radius 3 is 2.38 bits per heavy atom. The van der Waals surface area contributed by atoms with E-state index >= 15 is 0 Å². The van der Waals surface area contributed by atoms with Crippen LogP contribution in [0.2, 0.25) is 0 Å². The number of hydrogen-bond acceptors (Lipinski definition) is 1. The Morgan fingerprint density at radius 2 is 1.81 bits per heavy atom.